The van der Waals surface area contributed by atoms with E-state index in [4.69, 9.17) is 14.8 Å². The highest BCUT2D eigenvalue weighted by Crippen LogP contribution is 2.36. The van der Waals surface area contributed by atoms with E-state index in [1.165, 1.54) is 0 Å². The van der Waals surface area contributed by atoms with Crippen molar-refractivity contribution in [1.29, 1.82) is 0 Å². The molecular weight excluding hydrogens is 358 g/mol. The third-order valence-electron chi connectivity index (χ3n) is 5.01. The van der Waals surface area contributed by atoms with E-state index in [-0.39, 0.29) is 0 Å². The van der Waals surface area contributed by atoms with Crippen molar-refractivity contribution in [2.75, 3.05) is 43.6 Å². The zero-order valence-electron chi connectivity index (χ0n) is 15.8. The van der Waals surface area contributed by atoms with Crippen molar-refractivity contribution in [3.63, 3.8) is 0 Å². The Morgan fingerprint density at radius 2 is 2.04 bits per heavy atom. The minimum Gasteiger partial charge on any atom is -0.378 e. The number of aryl methyl sites for hydroxylation is 1. The van der Waals surface area contributed by atoms with Crippen molar-refractivity contribution in [3.8, 4) is 17.1 Å². The number of rotatable bonds is 4. The lowest BCUT2D eigenvalue weighted by atomic mass is 10.1. The Hall–Kier alpha value is -3.40. The summed E-state index contributed by atoms with van der Waals surface area (Å²) < 4.78 is 9.17. The van der Waals surface area contributed by atoms with Gasteiger partial charge in [-0.3, -0.25) is 9.78 Å². The summed E-state index contributed by atoms with van der Waals surface area (Å²) in [6.45, 7) is 3.01. The maximum absolute atomic E-state index is 5.51. The van der Waals surface area contributed by atoms with Crippen LogP contribution in [-0.4, -0.2) is 68.1 Å². The summed E-state index contributed by atoms with van der Waals surface area (Å²) in [5, 5.41) is 20.3. The van der Waals surface area contributed by atoms with Crippen LogP contribution >= 0.6 is 0 Å². The minimum absolute atomic E-state index is 0.697. The zero-order chi connectivity index (χ0) is 19.1. The number of aromatic amines is 1. The van der Waals surface area contributed by atoms with E-state index in [1.54, 1.807) is 17.1 Å². The van der Waals surface area contributed by atoms with Crippen molar-refractivity contribution in [2.45, 2.75) is 0 Å². The Morgan fingerprint density at radius 1 is 1.18 bits per heavy atom. The molecule has 5 heterocycles. The lowest BCUT2D eigenvalue weighted by molar-refractivity contribution is 0.122. The van der Waals surface area contributed by atoms with Crippen molar-refractivity contribution >= 4 is 22.7 Å². The highest BCUT2D eigenvalue weighted by Gasteiger charge is 2.23. The molecule has 144 valence electrons. The van der Waals surface area contributed by atoms with Crippen LogP contribution in [0.1, 0.15) is 0 Å². The van der Waals surface area contributed by atoms with Crippen LogP contribution in [-0.2, 0) is 11.8 Å². The molecule has 0 spiro atoms. The molecule has 5 rings (SSSR count). The first kappa shape index (κ1) is 16.8. The second kappa shape index (κ2) is 6.64. The molecule has 0 saturated carbocycles. The number of morpholine rings is 1. The number of nitrogens with zero attached hydrogens (tertiary/aromatic N) is 7. The van der Waals surface area contributed by atoms with E-state index in [1.807, 2.05) is 30.9 Å². The van der Waals surface area contributed by atoms with E-state index in [9.17, 15) is 0 Å². The number of hydrogen-bond acceptors (Lipinski definition) is 7. The first-order valence-electron chi connectivity index (χ1n) is 9.18. The van der Waals surface area contributed by atoms with Crippen LogP contribution in [0.4, 0.5) is 11.6 Å². The molecule has 4 aromatic rings. The molecule has 0 radical (unpaired) electrons. The van der Waals surface area contributed by atoms with Gasteiger partial charge in [0, 0.05) is 45.0 Å². The van der Waals surface area contributed by atoms with E-state index in [0.29, 0.717) is 13.2 Å². The molecule has 10 heteroatoms. The normalized spacial score (nSPS) is 14.7. The summed E-state index contributed by atoms with van der Waals surface area (Å²) in [6, 6.07) is 5.99. The van der Waals surface area contributed by atoms with Crippen molar-refractivity contribution in [3.05, 3.63) is 30.6 Å². The van der Waals surface area contributed by atoms with Crippen LogP contribution in [0.25, 0.3) is 28.1 Å². The van der Waals surface area contributed by atoms with E-state index in [0.717, 1.165) is 52.8 Å². The quantitative estimate of drug-likeness (QED) is 0.553. The third kappa shape index (κ3) is 2.61. The lowest BCUT2D eigenvalue weighted by Gasteiger charge is -2.28. The Morgan fingerprint density at radius 3 is 2.71 bits per heavy atom. The fourth-order valence-corrected chi connectivity index (χ4v) is 3.61. The first-order chi connectivity index (χ1) is 13.8. The molecule has 10 nitrogen and oxygen atoms in total. The molecule has 4 aromatic heterocycles. The minimum atomic E-state index is 0.697. The van der Waals surface area contributed by atoms with Gasteiger partial charge in [-0.25, -0.2) is 4.98 Å². The molecule has 1 saturated heterocycles. The van der Waals surface area contributed by atoms with Crippen LogP contribution in [0.15, 0.2) is 30.6 Å². The topological polar surface area (TPSA) is 102 Å². The molecule has 1 fully saturated rings. The van der Waals surface area contributed by atoms with Crippen LogP contribution in [0.5, 0.6) is 0 Å². The van der Waals surface area contributed by atoms with Gasteiger partial charge >= 0.3 is 0 Å². The number of nitrogens with one attached hydrogen (secondary N) is 2. The number of anilines is 2. The highest BCUT2D eigenvalue weighted by molar-refractivity contribution is 6.02. The standard InChI is InChI=1S/C18H21N9O/c1-19-17-16-12(13-3-6-21-25(13)2)11-15(26-7-9-28-10-8-26)22-18(16)27(24-17)14-4-5-20-23-14/h3-6,11H,7-10H2,1-2H3,(H,19,24)(H,20,23). The molecule has 0 unspecified atom stereocenters. The molecule has 0 amide bonds. The van der Waals surface area contributed by atoms with Gasteiger partial charge in [-0.15, -0.1) is 5.10 Å². The summed E-state index contributed by atoms with van der Waals surface area (Å²) in [6.07, 6.45) is 3.50. The van der Waals surface area contributed by atoms with Crippen molar-refractivity contribution in [2.24, 2.45) is 7.05 Å². The fraction of sp³-hybridized carbons (Fsp3) is 0.333. The lowest BCUT2D eigenvalue weighted by Crippen LogP contribution is -2.36. The summed E-state index contributed by atoms with van der Waals surface area (Å²) >= 11 is 0. The summed E-state index contributed by atoms with van der Waals surface area (Å²) in [7, 11) is 3.80. The van der Waals surface area contributed by atoms with Crippen molar-refractivity contribution in [1.82, 2.24) is 34.7 Å². The van der Waals surface area contributed by atoms with E-state index < -0.39 is 0 Å². The smallest absolute Gasteiger partial charge is 0.169 e. The van der Waals surface area contributed by atoms with Gasteiger partial charge in [-0.05, 0) is 12.1 Å². The van der Waals surface area contributed by atoms with E-state index in [2.05, 4.69) is 31.6 Å². The van der Waals surface area contributed by atoms with Gasteiger partial charge < -0.3 is 15.0 Å². The van der Waals surface area contributed by atoms with Crippen LogP contribution in [0, 0.1) is 0 Å². The second-order valence-corrected chi connectivity index (χ2v) is 6.62. The maximum atomic E-state index is 5.51. The SMILES string of the molecule is CNc1nn(-c2ccn[nH]2)c2nc(N3CCOCC3)cc(-c3ccnn3C)c12. The highest BCUT2D eigenvalue weighted by atomic mass is 16.5. The maximum Gasteiger partial charge on any atom is 0.169 e. The Balaban J connectivity index is 1.81. The van der Waals surface area contributed by atoms with Gasteiger partial charge in [-0.1, -0.05) is 0 Å². The predicted molar refractivity (Wildman–Crippen MR) is 106 cm³/mol. The van der Waals surface area contributed by atoms with Gasteiger partial charge in [-0.2, -0.15) is 14.9 Å². The largest absolute Gasteiger partial charge is 0.378 e. The number of fused-ring (bicyclic) bond motifs is 1. The number of H-pyrrole nitrogens is 1. The molecule has 0 aromatic carbocycles. The Kier molecular flexibility index (Phi) is 3.97. The summed E-state index contributed by atoms with van der Waals surface area (Å²) in [5.41, 5.74) is 2.79. The molecule has 28 heavy (non-hydrogen) atoms. The second-order valence-electron chi connectivity index (χ2n) is 6.62. The van der Waals surface area contributed by atoms with Gasteiger partial charge in [0.05, 0.1) is 30.5 Å². The van der Waals surface area contributed by atoms with Crippen LogP contribution in [0.2, 0.25) is 0 Å². The first-order valence-corrected chi connectivity index (χ1v) is 9.18. The molecular formula is C18H21N9O. The number of aromatic nitrogens is 7. The van der Waals surface area contributed by atoms with Gasteiger partial charge in [0.15, 0.2) is 17.3 Å². The fourth-order valence-electron chi connectivity index (χ4n) is 3.61. The third-order valence-corrected chi connectivity index (χ3v) is 5.01. The molecule has 0 bridgehead atoms. The summed E-state index contributed by atoms with van der Waals surface area (Å²) in [4.78, 5) is 7.22. The molecule has 2 N–H and O–H groups in total. The number of pyridine rings is 1. The Labute approximate surface area is 161 Å². The molecule has 1 aliphatic heterocycles. The molecule has 0 atom stereocenters. The van der Waals surface area contributed by atoms with Crippen molar-refractivity contribution < 1.29 is 4.74 Å². The van der Waals surface area contributed by atoms with Gasteiger partial charge in [0.1, 0.15) is 5.82 Å². The Bertz CT molecular complexity index is 1110. The van der Waals surface area contributed by atoms with E-state index >= 15 is 0 Å². The number of hydrogen-bond donors (Lipinski definition) is 2. The average molecular weight is 379 g/mol. The predicted octanol–water partition coefficient (Wildman–Crippen LogP) is 1.42. The van der Waals surface area contributed by atoms with Gasteiger partial charge in [0.2, 0.25) is 0 Å². The van der Waals surface area contributed by atoms with Crippen LogP contribution < -0.4 is 10.2 Å². The van der Waals surface area contributed by atoms with Gasteiger partial charge in [0.25, 0.3) is 0 Å². The number of ether oxygens (including phenoxy) is 1. The van der Waals surface area contributed by atoms with Crippen LogP contribution in [0.3, 0.4) is 0 Å². The average Bonchev–Trinajstić information content (AvgIpc) is 3.47. The molecule has 0 aliphatic carbocycles. The monoisotopic (exact) mass is 379 g/mol. The molecule has 1 aliphatic rings. The zero-order valence-corrected chi connectivity index (χ0v) is 15.8. The summed E-state index contributed by atoms with van der Waals surface area (Å²) in [5.74, 6) is 2.41.